The fourth-order valence-electron chi connectivity index (χ4n) is 2.20. The minimum Gasteiger partial charge on any atom is -0.393 e. The molecule has 4 nitrogen and oxygen atoms in total. The van der Waals surface area contributed by atoms with Gasteiger partial charge in [-0.2, -0.15) is 0 Å². The van der Waals surface area contributed by atoms with Crippen LogP contribution in [0.15, 0.2) is 30.3 Å². The van der Waals surface area contributed by atoms with Crippen LogP contribution in [0.2, 0.25) is 0 Å². The molecule has 1 aliphatic rings. The molecule has 0 bridgehead atoms. The second kappa shape index (κ2) is 6.57. The van der Waals surface area contributed by atoms with Gasteiger partial charge in [-0.15, -0.1) is 0 Å². The number of aliphatic hydroxyl groups excluding tert-OH is 1. The largest absolute Gasteiger partial charge is 0.393 e. The lowest BCUT2D eigenvalue weighted by Gasteiger charge is -2.10. The molecule has 1 aromatic rings. The lowest BCUT2D eigenvalue weighted by molar-refractivity contribution is 0.160. The topological polar surface area (TPSA) is 61.4 Å². The van der Waals surface area contributed by atoms with E-state index in [1.807, 2.05) is 25.1 Å². The van der Waals surface area contributed by atoms with Gasteiger partial charge in [-0.3, -0.25) is 0 Å². The maximum Gasteiger partial charge on any atom is 0.315 e. The average molecular weight is 262 g/mol. The van der Waals surface area contributed by atoms with E-state index >= 15 is 0 Å². The predicted molar refractivity (Wildman–Crippen MR) is 75.0 cm³/mol. The number of rotatable bonds is 6. The number of amides is 2. The Morgan fingerprint density at radius 3 is 2.84 bits per heavy atom. The van der Waals surface area contributed by atoms with E-state index in [0.29, 0.717) is 18.9 Å². The van der Waals surface area contributed by atoms with Gasteiger partial charge in [0.05, 0.1) is 6.10 Å². The Bertz CT molecular complexity index is 408. The van der Waals surface area contributed by atoms with Crippen LogP contribution in [0.25, 0.3) is 0 Å². The highest BCUT2D eigenvalue weighted by Gasteiger charge is 2.39. The van der Waals surface area contributed by atoms with Gasteiger partial charge in [0.25, 0.3) is 0 Å². The minimum absolute atomic E-state index is 0.133. The first kappa shape index (κ1) is 13.9. The first-order valence-electron chi connectivity index (χ1n) is 6.98. The molecule has 1 fully saturated rings. The molecular formula is C15H22N2O2. The SMILES string of the molecule is CCC(O)CCNC(=O)NC1CC1c1ccccc1. The third-order valence-corrected chi connectivity index (χ3v) is 3.57. The molecule has 0 radical (unpaired) electrons. The molecule has 1 saturated carbocycles. The molecule has 0 heterocycles. The van der Waals surface area contributed by atoms with E-state index in [0.717, 1.165) is 12.8 Å². The van der Waals surface area contributed by atoms with E-state index in [4.69, 9.17) is 0 Å². The van der Waals surface area contributed by atoms with Crippen LogP contribution in [-0.4, -0.2) is 29.8 Å². The molecule has 1 aromatic carbocycles. The second-order valence-corrected chi connectivity index (χ2v) is 5.11. The van der Waals surface area contributed by atoms with Crippen molar-refractivity contribution >= 4 is 6.03 Å². The van der Waals surface area contributed by atoms with Crippen LogP contribution in [0.1, 0.15) is 37.7 Å². The molecule has 104 valence electrons. The van der Waals surface area contributed by atoms with E-state index in [2.05, 4.69) is 22.8 Å². The van der Waals surface area contributed by atoms with Crippen molar-refractivity contribution in [2.75, 3.05) is 6.54 Å². The third kappa shape index (κ3) is 4.24. The summed E-state index contributed by atoms with van der Waals surface area (Å²) in [5.41, 5.74) is 1.29. The summed E-state index contributed by atoms with van der Waals surface area (Å²) in [7, 11) is 0. The van der Waals surface area contributed by atoms with Crippen molar-refractivity contribution in [1.82, 2.24) is 10.6 Å². The zero-order valence-corrected chi connectivity index (χ0v) is 11.3. The molecule has 0 aromatic heterocycles. The number of urea groups is 1. The number of carbonyl (C=O) groups is 1. The van der Waals surface area contributed by atoms with Gasteiger partial charge in [0, 0.05) is 18.5 Å². The summed E-state index contributed by atoms with van der Waals surface area (Å²) in [6.45, 7) is 2.45. The highest BCUT2D eigenvalue weighted by atomic mass is 16.3. The standard InChI is InChI=1S/C15H22N2O2/c1-2-12(18)8-9-16-15(19)17-14-10-13(14)11-6-4-3-5-7-11/h3-7,12-14,18H,2,8-10H2,1H3,(H2,16,17,19). The Morgan fingerprint density at radius 1 is 1.42 bits per heavy atom. The highest BCUT2D eigenvalue weighted by molar-refractivity contribution is 5.74. The van der Waals surface area contributed by atoms with Crippen molar-refractivity contribution in [3.63, 3.8) is 0 Å². The Morgan fingerprint density at radius 2 is 2.16 bits per heavy atom. The van der Waals surface area contributed by atoms with Gasteiger partial charge in [0.1, 0.15) is 0 Å². The Labute approximate surface area is 114 Å². The summed E-state index contributed by atoms with van der Waals surface area (Å²) in [4.78, 5) is 11.6. The van der Waals surface area contributed by atoms with Gasteiger partial charge in [0.15, 0.2) is 0 Å². The van der Waals surface area contributed by atoms with Crippen molar-refractivity contribution in [2.45, 2.75) is 44.2 Å². The maximum atomic E-state index is 11.6. The molecule has 1 aliphatic carbocycles. The molecule has 0 aliphatic heterocycles. The molecule has 3 N–H and O–H groups in total. The quantitative estimate of drug-likeness (QED) is 0.734. The molecule has 3 atom stereocenters. The number of benzene rings is 1. The van der Waals surface area contributed by atoms with E-state index in [1.165, 1.54) is 5.56 Å². The number of carbonyl (C=O) groups excluding carboxylic acids is 1. The Hall–Kier alpha value is -1.55. The zero-order valence-electron chi connectivity index (χ0n) is 11.3. The van der Waals surface area contributed by atoms with Gasteiger partial charge in [-0.1, -0.05) is 37.3 Å². The zero-order chi connectivity index (χ0) is 13.7. The Kier molecular flexibility index (Phi) is 4.80. The second-order valence-electron chi connectivity index (χ2n) is 5.11. The smallest absolute Gasteiger partial charge is 0.315 e. The molecule has 0 spiro atoms. The van der Waals surface area contributed by atoms with Gasteiger partial charge in [0.2, 0.25) is 0 Å². The van der Waals surface area contributed by atoms with Gasteiger partial charge < -0.3 is 15.7 Å². The summed E-state index contributed by atoms with van der Waals surface area (Å²) >= 11 is 0. The van der Waals surface area contributed by atoms with Crippen LogP contribution < -0.4 is 10.6 Å². The fraction of sp³-hybridized carbons (Fsp3) is 0.533. The van der Waals surface area contributed by atoms with Gasteiger partial charge >= 0.3 is 6.03 Å². The number of nitrogens with one attached hydrogen (secondary N) is 2. The monoisotopic (exact) mass is 262 g/mol. The maximum absolute atomic E-state index is 11.6. The predicted octanol–water partition coefficient (Wildman–Crippen LogP) is 2.00. The van der Waals surface area contributed by atoms with Crippen molar-refractivity contribution in [3.8, 4) is 0 Å². The van der Waals surface area contributed by atoms with E-state index in [1.54, 1.807) is 0 Å². The highest BCUT2D eigenvalue weighted by Crippen LogP contribution is 2.40. The molecule has 19 heavy (non-hydrogen) atoms. The molecular weight excluding hydrogens is 240 g/mol. The Balaban J connectivity index is 1.65. The average Bonchev–Trinajstić information content (AvgIpc) is 3.18. The summed E-state index contributed by atoms with van der Waals surface area (Å²) in [6, 6.07) is 10.4. The molecule has 3 unspecified atom stereocenters. The summed E-state index contributed by atoms with van der Waals surface area (Å²) in [5, 5.41) is 15.1. The number of hydrogen-bond donors (Lipinski definition) is 3. The van der Waals surface area contributed by atoms with Crippen LogP contribution in [0, 0.1) is 0 Å². The minimum atomic E-state index is -0.321. The van der Waals surface area contributed by atoms with Crippen LogP contribution in [0.5, 0.6) is 0 Å². The van der Waals surface area contributed by atoms with Crippen LogP contribution in [0.3, 0.4) is 0 Å². The van der Waals surface area contributed by atoms with Gasteiger partial charge in [-0.25, -0.2) is 4.79 Å². The lowest BCUT2D eigenvalue weighted by atomic mass is 10.1. The molecule has 0 saturated heterocycles. The first-order chi connectivity index (χ1) is 9.20. The lowest BCUT2D eigenvalue weighted by Crippen LogP contribution is -2.38. The molecule has 2 rings (SSSR count). The first-order valence-corrected chi connectivity index (χ1v) is 6.98. The normalized spacial score (nSPS) is 22.6. The summed E-state index contributed by atoms with van der Waals surface area (Å²) < 4.78 is 0. The van der Waals surface area contributed by atoms with Crippen molar-refractivity contribution in [2.24, 2.45) is 0 Å². The van der Waals surface area contributed by atoms with E-state index in [-0.39, 0.29) is 18.2 Å². The van der Waals surface area contributed by atoms with Crippen LogP contribution >= 0.6 is 0 Å². The van der Waals surface area contributed by atoms with E-state index < -0.39 is 0 Å². The summed E-state index contributed by atoms with van der Waals surface area (Å²) in [5.74, 6) is 0.452. The van der Waals surface area contributed by atoms with Crippen molar-refractivity contribution < 1.29 is 9.90 Å². The van der Waals surface area contributed by atoms with Gasteiger partial charge in [-0.05, 0) is 24.8 Å². The molecule has 2 amide bonds. The number of hydrogen-bond acceptors (Lipinski definition) is 2. The van der Waals surface area contributed by atoms with Crippen LogP contribution in [-0.2, 0) is 0 Å². The third-order valence-electron chi connectivity index (χ3n) is 3.57. The van der Waals surface area contributed by atoms with Crippen molar-refractivity contribution in [1.29, 1.82) is 0 Å². The van der Waals surface area contributed by atoms with Crippen LogP contribution in [0.4, 0.5) is 4.79 Å². The number of aliphatic hydroxyl groups is 1. The van der Waals surface area contributed by atoms with Crippen molar-refractivity contribution in [3.05, 3.63) is 35.9 Å². The van der Waals surface area contributed by atoms with E-state index in [9.17, 15) is 9.90 Å². The summed E-state index contributed by atoms with van der Waals surface area (Å²) in [6.07, 6.45) is 2.02. The molecule has 4 heteroatoms. The fourth-order valence-corrected chi connectivity index (χ4v) is 2.20.